The number of allylic oxidation sites excluding steroid dienone is 2. The van der Waals surface area contributed by atoms with Gasteiger partial charge in [0.2, 0.25) is 0 Å². The number of oxazole rings is 1. The van der Waals surface area contributed by atoms with Gasteiger partial charge in [0, 0.05) is 30.5 Å². The fourth-order valence-electron chi connectivity index (χ4n) is 3.98. The summed E-state index contributed by atoms with van der Waals surface area (Å²) >= 11 is 0. The molecule has 2 atom stereocenters. The van der Waals surface area contributed by atoms with Crippen molar-refractivity contribution in [1.29, 1.82) is 0 Å². The SMILES string of the molecule is C/C(=C\N=C1C=CC(c2ccc3oc(N)nc3c2)=NC1)N1CC2CCC(C1)O2. The summed E-state index contributed by atoms with van der Waals surface area (Å²) in [5.74, 6) is 0. The zero-order valence-electron chi connectivity index (χ0n) is 15.8. The van der Waals surface area contributed by atoms with Crippen molar-refractivity contribution in [1.82, 2.24) is 9.88 Å². The largest absolute Gasteiger partial charge is 0.424 e. The standard InChI is InChI=1S/C21H23N5O2/c1-13(26-11-16-4-5-17(12-26)27-16)9-23-15-3-6-18(24-10-15)14-2-7-20-19(8-14)25-21(22)28-20/h2-3,6-9,16-17H,4-5,10-12H2,1H3,(H2,22,25)/b13-9+,23-15?. The highest BCUT2D eigenvalue weighted by Gasteiger charge is 2.33. The number of aliphatic imine (C=N–C) groups is 2. The lowest BCUT2D eigenvalue weighted by Gasteiger charge is -2.34. The molecular formula is C21H23N5O2. The number of hydrogen-bond acceptors (Lipinski definition) is 7. The van der Waals surface area contributed by atoms with Crippen LogP contribution in [0.5, 0.6) is 0 Å². The van der Waals surface area contributed by atoms with Crippen molar-refractivity contribution >= 4 is 28.5 Å². The summed E-state index contributed by atoms with van der Waals surface area (Å²) in [6.45, 7) is 4.62. The Morgan fingerprint density at radius 3 is 2.82 bits per heavy atom. The van der Waals surface area contributed by atoms with E-state index in [-0.39, 0.29) is 6.01 Å². The van der Waals surface area contributed by atoms with E-state index in [2.05, 4.69) is 26.8 Å². The predicted molar refractivity (Wildman–Crippen MR) is 110 cm³/mol. The van der Waals surface area contributed by atoms with E-state index in [9.17, 15) is 0 Å². The number of fused-ring (bicyclic) bond motifs is 3. The first-order chi connectivity index (χ1) is 13.6. The molecule has 1 aromatic heterocycles. The predicted octanol–water partition coefficient (Wildman–Crippen LogP) is 2.93. The number of benzene rings is 1. The second-order valence-corrected chi connectivity index (χ2v) is 7.52. The van der Waals surface area contributed by atoms with Gasteiger partial charge in [0.15, 0.2) is 5.58 Å². The lowest BCUT2D eigenvalue weighted by Crippen LogP contribution is -2.41. The van der Waals surface area contributed by atoms with Crippen molar-refractivity contribution in [2.45, 2.75) is 32.0 Å². The van der Waals surface area contributed by atoms with Crippen LogP contribution in [-0.4, -0.2) is 53.1 Å². The molecule has 7 heteroatoms. The molecule has 2 saturated heterocycles. The zero-order chi connectivity index (χ0) is 19.1. The van der Waals surface area contributed by atoms with Crippen LogP contribution in [-0.2, 0) is 4.74 Å². The molecule has 2 aromatic rings. The van der Waals surface area contributed by atoms with E-state index in [0.29, 0.717) is 24.3 Å². The van der Waals surface area contributed by atoms with Gasteiger partial charge in [-0.05, 0) is 50.1 Å². The van der Waals surface area contributed by atoms with Crippen molar-refractivity contribution in [3.63, 3.8) is 0 Å². The molecule has 3 aliphatic heterocycles. The summed E-state index contributed by atoms with van der Waals surface area (Å²) < 4.78 is 11.2. The minimum absolute atomic E-state index is 0.179. The molecule has 3 aliphatic rings. The summed E-state index contributed by atoms with van der Waals surface area (Å²) in [6.07, 6.45) is 9.09. The van der Waals surface area contributed by atoms with Crippen LogP contribution < -0.4 is 5.73 Å². The van der Waals surface area contributed by atoms with Crippen LogP contribution in [0.15, 0.2) is 56.7 Å². The number of nitrogens with zero attached hydrogens (tertiary/aromatic N) is 4. The molecule has 2 unspecified atom stereocenters. The second kappa shape index (κ2) is 6.91. The average Bonchev–Trinajstić information content (AvgIpc) is 3.25. The number of nitrogens with two attached hydrogens (primary N) is 1. The third-order valence-corrected chi connectivity index (χ3v) is 5.50. The number of ether oxygens (including phenoxy) is 1. The molecule has 2 bridgehead atoms. The molecule has 5 rings (SSSR count). The third-order valence-electron chi connectivity index (χ3n) is 5.50. The maximum absolute atomic E-state index is 5.90. The number of hydrogen-bond donors (Lipinski definition) is 1. The van der Waals surface area contributed by atoms with E-state index < -0.39 is 0 Å². The Hall–Kier alpha value is -2.93. The molecule has 7 nitrogen and oxygen atoms in total. The third kappa shape index (κ3) is 3.33. The Labute approximate surface area is 163 Å². The fourth-order valence-corrected chi connectivity index (χ4v) is 3.98. The van der Waals surface area contributed by atoms with Crippen molar-refractivity contribution in [3.8, 4) is 0 Å². The molecule has 1 aromatic carbocycles. The summed E-state index contributed by atoms with van der Waals surface area (Å²) in [5.41, 5.74) is 11.1. The van der Waals surface area contributed by atoms with Crippen molar-refractivity contribution in [2.24, 2.45) is 9.98 Å². The Balaban J connectivity index is 1.27. The molecule has 0 amide bonds. The van der Waals surface area contributed by atoms with E-state index in [1.165, 1.54) is 18.5 Å². The van der Waals surface area contributed by atoms with Gasteiger partial charge in [-0.15, -0.1) is 0 Å². The Kier molecular flexibility index (Phi) is 4.24. The van der Waals surface area contributed by atoms with Gasteiger partial charge in [-0.3, -0.25) is 9.98 Å². The van der Waals surface area contributed by atoms with Crippen molar-refractivity contribution in [3.05, 3.63) is 47.8 Å². The number of likely N-dealkylation sites (tertiary alicyclic amines) is 1. The Morgan fingerprint density at radius 1 is 1.25 bits per heavy atom. The van der Waals surface area contributed by atoms with Crippen LogP contribution in [0.1, 0.15) is 25.3 Å². The molecule has 28 heavy (non-hydrogen) atoms. The minimum Gasteiger partial charge on any atom is -0.424 e. The molecule has 0 aliphatic carbocycles. The zero-order valence-corrected chi connectivity index (χ0v) is 15.8. The molecule has 0 radical (unpaired) electrons. The Bertz CT molecular complexity index is 1020. The van der Waals surface area contributed by atoms with Gasteiger partial charge in [-0.1, -0.05) is 0 Å². The monoisotopic (exact) mass is 377 g/mol. The van der Waals surface area contributed by atoms with E-state index in [4.69, 9.17) is 14.9 Å². The highest BCUT2D eigenvalue weighted by atomic mass is 16.5. The van der Waals surface area contributed by atoms with Gasteiger partial charge < -0.3 is 19.8 Å². The summed E-state index contributed by atoms with van der Waals surface area (Å²) in [5, 5.41) is 0. The maximum Gasteiger partial charge on any atom is 0.292 e. The molecule has 0 saturated carbocycles. The van der Waals surface area contributed by atoms with Gasteiger partial charge in [0.25, 0.3) is 6.01 Å². The van der Waals surface area contributed by atoms with E-state index in [1.54, 1.807) is 0 Å². The van der Waals surface area contributed by atoms with Crippen LogP contribution in [0.3, 0.4) is 0 Å². The van der Waals surface area contributed by atoms with Crippen molar-refractivity contribution < 1.29 is 9.15 Å². The van der Waals surface area contributed by atoms with E-state index in [0.717, 1.165) is 35.6 Å². The molecule has 0 spiro atoms. The first-order valence-corrected chi connectivity index (χ1v) is 9.67. The smallest absolute Gasteiger partial charge is 0.292 e. The topological polar surface area (TPSA) is 89.2 Å². The van der Waals surface area contributed by atoms with Crippen LogP contribution in [0, 0.1) is 0 Å². The first-order valence-electron chi connectivity index (χ1n) is 9.67. The second-order valence-electron chi connectivity index (χ2n) is 7.52. The number of morpholine rings is 1. The number of anilines is 1. The van der Waals surface area contributed by atoms with Gasteiger partial charge in [0.1, 0.15) is 5.52 Å². The van der Waals surface area contributed by atoms with Gasteiger partial charge in [-0.25, -0.2) is 0 Å². The first kappa shape index (κ1) is 17.2. The molecule has 2 fully saturated rings. The summed E-state index contributed by atoms with van der Waals surface area (Å²) in [6, 6.07) is 5.96. The Morgan fingerprint density at radius 2 is 2.07 bits per heavy atom. The van der Waals surface area contributed by atoms with Crippen LogP contribution in [0.25, 0.3) is 11.1 Å². The van der Waals surface area contributed by atoms with Crippen LogP contribution in [0.2, 0.25) is 0 Å². The van der Waals surface area contributed by atoms with E-state index >= 15 is 0 Å². The highest BCUT2D eigenvalue weighted by molar-refractivity contribution is 6.16. The minimum atomic E-state index is 0.179. The number of nitrogen functional groups attached to an aromatic ring is 1. The lowest BCUT2D eigenvalue weighted by molar-refractivity contribution is -0.0266. The lowest BCUT2D eigenvalue weighted by atomic mass is 10.1. The van der Waals surface area contributed by atoms with Gasteiger partial charge in [-0.2, -0.15) is 4.98 Å². The maximum atomic E-state index is 5.90. The van der Waals surface area contributed by atoms with Gasteiger partial charge >= 0.3 is 0 Å². The molecule has 4 heterocycles. The number of dihydropyridines is 1. The summed E-state index contributed by atoms with van der Waals surface area (Å²) in [7, 11) is 0. The molecule has 144 valence electrons. The van der Waals surface area contributed by atoms with Crippen molar-refractivity contribution in [2.75, 3.05) is 25.4 Å². The fraction of sp³-hybridized carbons (Fsp3) is 0.381. The van der Waals surface area contributed by atoms with Crippen LogP contribution in [0.4, 0.5) is 6.01 Å². The number of aromatic nitrogens is 1. The quantitative estimate of drug-likeness (QED) is 0.888. The average molecular weight is 377 g/mol. The normalized spacial score (nSPS) is 26.3. The molecular weight excluding hydrogens is 354 g/mol. The van der Waals surface area contributed by atoms with Crippen LogP contribution >= 0.6 is 0 Å². The molecule has 2 N–H and O–H groups in total. The summed E-state index contributed by atoms with van der Waals surface area (Å²) in [4.78, 5) is 15.9. The van der Waals surface area contributed by atoms with Gasteiger partial charge in [0.05, 0.1) is 30.2 Å². The number of rotatable bonds is 3. The highest BCUT2D eigenvalue weighted by Crippen LogP contribution is 2.28. The van der Waals surface area contributed by atoms with E-state index in [1.807, 2.05) is 36.6 Å².